The van der Waals surface area contributed by atoms with Crippen LogP contribution in [0, 0.1) is 30.4 Å². The molecule has 3 aromatic rings. The SMILES string of the molecule is Fc1c(F)c(I)c(F)c(I)c1F.c1ccc2nccnc2c1. The maximum absolute atomic E-state index is 12.8. The summed E-state index contributed by atoms with van der Waals surface area (Å²) in [6, 6.07) is 7.80. The van der Waals surface area contributed by atoms with Crippen LogP contribution in [-0.4, -0.2) is 9.97 Å². The molecule has 0 aliphatic rings. The number of benzene rings is 2. The number of halogens is 6. The van der Waals surface area contributed by atoms with Gasteiger partial charge in [0.25, 0.3) is 0 Å². The van der Waals surface area contributed by atoms with Gasteiger partial charge in [0.15, 0.2) is 23.3 Å². The molecule has 0 aliphatic carbocycles. The topological polar surface area (TPSA) is 25.8 Å². The molecule has 0 spiro atoms. The van der Waals surface area contributed by atoms with Crippen molar-refractivity contribution in [3.8, 4) is 0 Å². The van der Waals surface area contributed by atoms with Crippen LogP contribution in [0.25, 0.3) is 11.0 Å². The number of hydrogen-bond acceptors (Lipinski definition) is 2. The van der Waals surface area contributed by atoms with Crippen LogP contribution < -0.4 is 0 Å². The molecule has 0 N–H and O–H groups in total. The molecule has 1 heterocycles. The van der Waals surface area contributed by atoms with Crippen molar-refractivity contribution in [2.75, 3.05) is 0 Å². The summed E-state index contributed by atoms with van der Waals surface area (Å²) in [5, 5.41) is 0. The zero-order chi connectivity index (χ0) is 16.3. The molecule has 2 nitrogen and oxygen atoms in total. The first-order valence-corrected chi connectivity index (χ1v) is 7.92. The molecule has 0 radical (unpaired) electrons. The summed E-state index contributed by atoms with van der Waals surface area (Å²) in [5.41, 5.74) is 1.90. The van der Waals surface area contributed by atoms with Crippen molar-refractivity contribution in [2.45, 2.75) is 0 Å². The summed E-state index contributed by atoms with van der Waals surface area (Å²) in [7, 11) is 0. The van der Waals surface area contributed by atoms with Crippen LogP contribution in [0.5, 0.6) is 0 Å². The Labute approximate surface area is 150 Å². The normalized spacial score (nSPS) is 10.3. The second kappa shape index (κ2) is 7.49. The van der Waals surface area contributed by atoms with Crippen LogP contribution in [0.4, 0.5) is 17.6 Å². The van der Waals surface area contributed by atoms with Crippen LogP contribution in [0.3, 0.4) is 0 Å². The minimum absolute atomic E-state index is 0.532. The van der Waals surface area contributed by atoms with Crippen molar-refractivity contribution >= 4 is 56.2 Å². The van der Waals surface area contributed by atoms with Crippen LogP contribution >= 0.6 is 45.2 Å². The predicted molar refractivity (Wildman–Crippen MR) is 91.2 cm³/mol. The summed E-state index contributed by atoms with van der Waals surface area (Å²) >= 11 is 2.55. The lowest BCUT2D eigenvalue weighted by atomic mass is 10.3. The lowest BCUT2D eigenvalue weighted by Gasteiger charge is -2.02. The molecule has 0 atom stereocenters. The minimum Gasteiger partial charge on any atom is -0.253 e. The molecule has 0 bridgehead atoms. The highest BCUT2D eigenvalue weighted by Crippen LogP contribution is 2.26. The van der Waals surface area contributed by atoms with Crippen molar-refractivity contribution in [3.63, 3.8) is 0 Å². The first-order chi connectivity index (χ1) is 10.4. The smallest absolute Gasteiger partial charge is 0.196 e. The van der Waals surface area contributed by atoms with E-state index in [4.69, 9.17) is 0 Å². The van der Waals surface area contributed by atoms with E-state index in [2.05, 4.69) is 9.97 Å². The van der Waals surface area contributed by atoms with E-state index in [-0.39, 0.29) is 0 Å². The summed E-state index contributed by atoms with van der Waals surface area (Å²) in [5.74, 6) is -5.66. The van der Waals surface area contributed by atoms with Crippen molar-refractivity contribution in [2.24, 2.45) is 0 Å². The Balaban J connectivity index is 0.000000162. The van der Waals surface area contributed by atoms with Crippen LogP contribution in [0.15, 0.2) is 36.7 Å². The monoisotopic (exact) mass is 532 g/mol. The van der Waals surface area contributed by atoms with E-state index in [1.807, 2.05) is 24.3 Å². The quantitative estimate of drug-likeness (QED) is 0.175. The van der Waals surface area contributed by atoms with E-state index in [1.54, 1.807) is 12.4 Å². The second-order valence-electron chi connectivity index (χ2n) is 3.93. The van der Waals surface area contributed by atoms with Crippen LogP contribution in [0.2, 0.25) is 0 Å². The van der Waals surface area contributed by atoms with E-state index in [0.717, 1.165) is 11.0 Å². The lowest BCUT2D eigenvalue weighted by Crippen LogP contribution is -2.02. The Hall–Kier alpha value is -1.04. The Kier molecular flexibility index (Phi) is 5.89. The number of aromatic nitrogens is 2. The molecule has 2 aromatic carbocycles. The summed E-state index contributed by atoms with van der Waals surface area (Å²) in [6.45, 7) is 0. The zero-order valence-corrected chi connectivity index (χ0v) is 14.9. The van der Waals surface area contributed by atoms with Crippen molar-refractivity contribution in [3.05, 3.63) is 67.1 Å². The number of hydrogen-bond donors (Lipinski definition) is 0. The van der Waals surface area contributed by atoms with E-state index >= 15 is 0 Å². The highest BCUT2D eigenvalue weighted by Gasteiger charge is 2.21. The number of rotatable bonds is 0. The van der Waals surface area contributed by atoms with Gasteiger partial charge in [-0.1, -0.05) is 12.1 Å². The fourth-order valence-electron chi connectivity index (χ4n) is 1.49. The second-order valence-corrected chi connectivity index (χ2v) is 6.09. The summed E-state index contributed by atoms with van der Waals surface area (Å²) in [6.07, 6.45) is 3.39. The maximum atomic E-state index is 12.8. The zero-order valence-electron chi connectivity index (χ0n) is 10.6. The Morgan fingerprint density at radius 3 is 1.45 bits per heavy atom. The summed E-state index contributed by atoms with van der Waals surface area (Å²) < 4.78 is 49.3. The summed E-state index contributed by atoms with van der Waals surface area (Å²) in [4.78, 5) is 8.24. The molecule has 22 heavy (non-hydrogen) atoms. The standard InChI is InChI=1S/C8H6N2.C6F4I2/c1-2-4-8-7(3-1)9-5-6-10-8;7-1-2(8)5(11)4(10)6(12)3(1)9/h1-6H;. The molecule has 0 saturated carbocycles. The van der Waals surface area contributed by atoms with Gasteiger partial charge in [0, 0.05) is 12.4 Å². The average Bonchev–Trinajstić information content (AvgIpc) is 2.57. The molecule has 3 rings (SSSR count). The maximum Gasteiger partial charge on any atom is 0.196 e. The van der Waals surface area contributed by atoms with Gasteiger partial charge < -0.3 is 0 Å². The molecule has 8 heteroatoms. The van der Waals surface area contributed by atoms with Gasteiger partial charge in [0.1, 0.15) is 0 Å². The fraction of sp³-hybridized carbons (Fsp3) is 0. The van der Waals surface area contributed by atoms with Gasteiger partial charge in [0.05, 0.1) is 18.2 Å². The van der Waals surface area contributed by atoms with Gasteiger partial charge in [-0.15, -0.1) is 0 Å². The highest BCUT2D eigenvalue weighted by molar-refractivity contribution is 14.1. The molecule has 0 saturated heterocycles. The average molecular weight is 532 g/mol. The Morgan fingerprint density at radius 2 is 1.05 bits per heavy atom. The third kappa shape index (κ3) is 3.65. The fourth-order valence-corrected chi connectivity index (χ4v) is 3.02. The highest BCUT2D eigenvalue weighted by atomic mass is 127. The van der Waals surface area contributed by atoms with E-state index in [1.165, 1.54) is 45.2 Å². The van der Waals surface area contributed by atoms with Gasteiger partial charge in [-0.25, -0.2) is 17.6 Å². The van der Waals surface area contributed by atoms with Gasteiger partial charge in [-0.05, 0) is 57.3 Å². The number of fused-ring (bicyclic) bond motifs is 1. The molecular formula is C14H6F4I2N2. The Morgan fingerprint density at radius 1 is 0.636 bits per heavy atom. The van der Waals surface area contributed by atoms with E-state index < -0.39 is 30.4 Å². The number of para-hydroxylation sites is 2. The third-order valence-electron chi connectivity index (χ3n) is 2.53. The number of nitrogens with zero attached hydrogens (tertiary/aromatic N) is 2. The van der Waals surface area contributed by atoms with E-state index in [9.17, 15) is 17.6 Å². The molecule has 0 aliphatic heterocycles. The molecule has 0 amide bonds. The first-order valence-electron chi connectivity index (χ1n) is 5.76. The molecule has 114 valence electrons. The Bertz CT molecular complexity index is 657. The van der Waals surface area contributed by atoms with Crippen molar-refractivity contribution < 1.29 is 17.6 Å². The van der Waals surface area contributed by atoms with Crippen LogP contribution in [0.1, 0.15) is 0 Å². The third-order valence-corrected chi connectivity index (χ3v) is 4.43. The molecule has 0 unspecified atom stereocenters. The van der Waals surface area contributed by atoms with Crippen molar-refractivity contribution in [1.82, 2.24) is 9.97 Å². The molecule has 1 aromatic heterocycles. The van der Waals surface area contributed by atoms with Crippen LogP contribution in [-0.2, 0) is 0 Å². The molecule has 0 fully saturated rings. The predicted octanol–water partition coefficient (Wildman–Crippen LogP) is 5.08. The largest absolute Gasteiger partial charge is 0.253 e. The lowest BCUT2D eigenvalue weighted by molar-refractivity contribution is 0.423. The minimum atomic E-state index is -1.63. The van der Waals surface area contributed by atoms with E-state index in [0.29, 0.717) is 0 Å². The van der Waals surface area contributed by atoms with Gasteiger partial charge >= 0.3 is 0 Å². The first kappa shape index (κ1) is 17.3. The van der Waals surface area contributed by atoms with Gasteiger partial charge in [0.2, 0.25) is 0 Å². The van der Waals surface area contributed by atoms with Crippen molar-refractivity contribution in [1.29, 1.82) is 0 Å². The molecular weight excluding hydrogens is 526 g/mol. The van der Waals surface area contributed by atoms with Gasteiger partial charge in [-0.3, -0.25) is 9.97 Å². The van der Waals surface area contributed by atoms with Gasteiger partial charge in [-0.2, -0.15) is 0 Å².